The monoisotopic (exact) mass is 166 g/mol. The molecule has 0 saturated carbocycles. The van der Waals surface area contributed by atoms with Gasteiger partial charge in [0.25, 0.3) is 0 Å². The van der Waals surface area contributed by atoms with Crippen molar-refractivity contribution in [3.8, 4) is 0 Å². The van der Waals surface area contributed by atoms with E-state index >= 15 is 0 Å². The highest BCUT2D eigenvalue weighted by Crippen LogP contribution is 2.20. The second-order valence-electron chi connectivity index (χ2n) is 3.97. The van der Waals surface area contributed by atoms with Crippen molar-refractivity contribution >= 4 is 5.78 Å². The van der Waals surface area contributed by atoms with E-state index in [0.29, 0.717) is 5.69 Å². The largest absolute Gasteiger partial charge is 0.293 e. The van der Waals surface area contributed by atoms with Crippen LogP contribution in [0.15, 0.2) is 6.07 Å². The number of carbonyl (C=O) groups is 1. The summed E-state index contributed by atoms with van der Waals surface area (Å²) >= 11 is 0. The van der Waals surface area contributed by atoms with Crippen LogP contribution in [0.5, 0.6) is 0 Å². The zero-order valence-electron chi connectivity index (χ0n) is 7.93. The number of nitrogens with one attached hydrogen (secondary N) is 1. The fourth-order valence-corrected chi connectivity index (χ4v) is 0.886. The molecule has 0 saturated heterocycles. The number of aromatic amines is 1. The lowest BCUT2D eigenvalue weighted by atomic mass is 9.92. The van der Waals surface area contributed by atoms with E-state index in [9.17, 15) is 4.79 Å². The second kappa shape index (κ2) is 2.73. The Labute approximate surface area is 72.2 Å². The third-order valence-corrected chi connectivity index (χ3v) is 1.75. The van der Waals surface area contributed by atoms with Crippen molar-refractivity contribution in [3.05, 3.63) is 17.5 Å². The molecule has 3 heteroatoms. The highest BCUT2D eigenvalue weighted by Gasteiger charge is 2.17. The standard InChI is InChI=1S/C9H14N2O/c1-6(12)7-5-8(11-10-7)9(2,3)4/h5H,1-4H3,(H,10,11). The molecule has 1 heterocycles. The molecule has 1 aromatic rings. The van der Waals surface area contributed by atoms with E-state index in [0.717, 1.165) is 5.69 Å². The summed E-state index contributed by atoms with van der Waals surface area (Å²) in [5.74, 6) is 0.00162. The van der Waals surface area contributed by atoms with E-state index in [1.54, 1.807) is 0 Å². The minimum Gasteiger partial charge on any atom is -0.293 e. The fourth-order valence-electron chi connectivity index (χ4n) is 0.886. The predicted octanol–water partition coefficient (Wildman–Crippen LogP) is 1.91. The van der Waals surface area contributed by atoms with Gasteiger partial charge < -0.3 is 0 Å². The van der Waals surface area contributed by atoms with Gasteiger partial charge in [-0.1, -0.05) is 20.8 Å². The molecule has 0 aliphatic heterocycles. The van der Waals surface area contributed by atoms with E-state index in [1.807, 2.05) is 6.07 Å². The van der Waals surface area contributed by atoms with Gasteiger partial charge in [-0.25, -0.2) is 0 Å². The normalized spacial score (nSPS) is 11.7. The van der Waals surface area contributed by atoms with Gasteiger partial charge in [-0.3, -0.25) is 9.89 Å². The Morgan fingerprint density at radius 2 is 2.08 bits per heavy atom. The van der Waals surface area contributed by atoms with Gasteiger partial charge >= 0.3 is 0 Å². The minimum atomic E-state index is 0.00162. The van der Waals surface area contributed by atoms with Gasteiger partial charge in [0.15, 0.2) is 5.78 Å². The van der Waals surface area contributed by atoms with Gasteiger partial charge in [0, 0.05) is 18.0 Å². The van der Waals surface area contributed by atoms with Crippen LogP contribution in [0.1, 0.15) is 43.9 Å². The van der Waals surface area contributed by atoms with Gasteiger partial charge in [0.1, 0.15) is 5.69 Å². The lowest BCUT2D eigenvalue weighted by molar-refractivity contribution is 0.101. The number of H-pyrrole nitrogens is 1. The summed E-state index contributed by atoms with van der Waals surface area (Å²) in [5, 5.41) is 6.76. The molecule has 0 aliphatic carbocycles. The van der Waals surface area contributed by atoms with Gasteiger partial charge in [0.05, 0.1) is 0 Å². The van der Waals surface area contributed by atoms with Gasteiger partial charge in [-0.05, 0) is 6.07 Å². The zero-order chi connectivity index (χ0) is 9.35. The summed E-state index contributed by atoms with van der Waals surface area (Å²) in [6.07, 6.45) is 0. The molecule has 0 bridgehead atoms. The van der Waals surface area contributed by atoms with Crippen molar-refractivity contribution < 1.29 is 4.79 Å². The number of ketones is 1. The van der Waals surface area contributed by atoms with E-state index in [4.69, 9.17) is 0 Å². The third kappa shape index (κ3) is 1.72. The van der Waals surface area contributed by atoms with Gasteiger partial charge in [0.2, 0.25) is 0 Å². The van der Waals surface area contributed by atoms with Crippen molar-refractivity contribution in [2.75, 3.05) is 0 Å². The zero-order valence-corrected chi connectivity index (χ0v) is 7.93. The average molecular weight is 166 g/mol. The SMILES string of the molecule is CC(=O)c1cc(C(C)(C)C)[nH]n1. The molecule has 1 aromatic heterocycles. The maximum Gasteiger partial charge on any atom is 0.179 e. The van der Waals surface area contributed by atoms with E-state index in [-0.39, 0.29) is 11.2 Å². The van der Waals surface area contributed by atoms with Crippen LogP contribution in [0, 0.1) is 0 Å². The smallest absolute Gasteiger partial charge is 0.179 e. The van der Waals surface area contributed by atoms with E-state index in [2.05, 4.69) is 31.0 Å². The van der Waals surface area contributed by atoms with E-state index < -0.39 is 0 Å². The molecular formula is C9H14N2O. The highest BCUT2D eigenvalue weighted by atomic mass is 16.1. The Morgan fingerprint density at radius 3 is 2.33 bits per heavy atom. The molecular weight excluding hydrogens is 152 g/mol. The Balaban J connectivity index is 3.00. The van der Waals surface area contributed by atoms with Crippen LogP contribution in [0.25, 0.3) is 0 Å². The number of aromatic nitrogens is 2. The van der Waals surface area contributed by atoms with Crippen LogP contribution in [-0.4, -0.2) is 16.0 Å². The number of rotatable bonds is 1. The van der Waals surface area contributed by atoms with Crippen LogP contribution in [0.2, 0.25) is 0 Å². The lowest BCUT2D eigenvalue weighted by Gasteiger charge is -2.14. The summed E-state index contributed by atoms with van der Waals surface area (Å²) < 4.78 is 0. The molecule has 0 aliphatic rings. The number of hydrogen-bond acceptors (Lipinski definition) is 2. The first-order chi connectivity index (χ1) is 5.41. The first-order valence-electron chi connectivity index (χ1n) is 3.98. The maximum atomic E-state index is 10.9. The molecule has 0 unspecified atom stereocenters. The Morgan fingerprint density at radius 1 is 1.50 bits per heavy atom. The number of Topliss-reactive ketones (excluding diaryl/α,β-unsaturated/α-hetero) is 1. The van der Waals surface area contributed by atoms with Gasteiger partial charge in [-0.15, -0.1) is 0 Å². The average Bonchev–Trinajstić information content (AvgIpc) is 2.30. The summed E-state index contributed by atoms with van der Waals surface area (Å²) in [6, 6.07) is 1.81. The molecule has 66 valence electrons. The Kier molecular flexibility index (Phi) is 2.04. The van der Waals surface area contributed by atoms with Crippen molar-refractivity contribution in [1.82, 2.24) is 10.2 Å². The lowest BCUT2D eigenvalue weighted by Crippen LogP contribution is -2.11. The van der Waals surface area contributed by atoms with Crippen molar-refractivity contribution in [3.63, 3.8) is 0 Å². The van der Waals surface area contributed by atoms with E-state index in [1.165, 1.54) is 6.92 Å². The molecule has 3 nitrogen and oxygen atoms in total. The highest BCUT2D eigenvalue weighted by molar-refractivity contribution is 5.92. The van der Waals surface area contributed by atoms with Crippen molar-refractivity contribution in [1.29, 1.82) is 0 Å². The molecule has 12 heavy (non-hydrogen) atoms. The maximum absolute atomic E-state index is 10.9. The van der Waals surface area contributed by atoms with Crippen LogP contribution in [0.3, 0.4) is 0 Å². The van der Waals surface area contributed by atoms with Crippen LogP contribution >= 0.6 is 0 Å². The first kappa shape index (κ1) is 8.97. The number of carbonyl (C=O) groups excluding carboxylic acids is 1. The minimum absolute atomic E-state index is 0.00162. The van der Waals surface area contributed by atoms with Gasteiger partial charge in [-0.2, -0.15) is 5.10 Å². The Bertz CT molecular complexity index is 294. The summed E-state index contributed by atoms with van der Waals surface area (Å²) in [6.45, 7) is 7.74. The summed E-state index contributed by atoms with van der Waals surface area (Å²) in [7, 11) is 0. The van der Waals surface area contributed by atoms with Crippen molar-refractivity contribution in [2.24, 2.45) is 0 Å². The molecule has 1 rings (SSSR count). The van der Waals surface area contributed by atoms with Crippen LogP contribution in [0.4, 0.5) is 0 Å². The molecule has 0 amide bonds. The molecule has 1 N–H and O–H groups in total. The predicted molar refractivity (Wildman–Crippen MR) is 47.3 cm³/mol. The molecule has 0 radical (unpaired) electrons. The molecule has 0 aromatic carbocycles. The summed E-state index contributed by atoms with van der Waals surface area (Å²) in [4.78, 5) is 10.9. The second-order valence-corrected chi connectivity index (χ2v) is 3.97. The fraction of sp³-hybridized carbons (Fsp3) is 0.556. The van der Waals surface area contributed by atoms with Crippen molar-refractivity contribution in [2.45, 2.75) is 33.1 Å². The molecule has 0 fully saturated rings. The number of nitrogens with zero attached hydrogens (tertiary/aromatic N) is 1. The topological polar surface area (TPSA) is 45.8 Å². The summed E-state index contributed by atoms with van der Waals surface area (Å²) in [5.41, 5.74) is 1.54. The number of hydrogen-bond donors (Lipinski definition) is 1. The van der Waals surface area contributed by atoms with Crippen LogP contribution < -0.4 is 0 Å². The third-order valence-electron chi connectivity index (χ3n) is 1.75. The van der Waals surface area contributed by atoms with Crippen LogP contribution in [-0.2, 0) is 5.41 Å². The Hall–Kier alpha value is -1.12. The molecule has 0 spiro atoms. The quantitative estimate of drug-likeness (QED) is 0.648. The molecule has 0 atom stereocenters. The first-order valence-corrected chi connectivity index (χ1v) is 3.98.